The van der Waals surface area contributed by atoms with Gasteiger partial charge in [0, 0.05) is 12.2 Å². The van der Waals surface area contributed by atoms with Gasteiger partial charge in [-0.2, -0.15) is 0 Å². The topological polar surface area (TPSA) is 55.3 Å². The maximum atomic E-state index is 5.56. The van der Waals surface area contributed by atoms with Crippen LogP contribution in [0.2, 0.25) is 0 Å². The molecule has 52 valence electrons. The lowest BCUT2D eigenvalue weighted by Crippen LogP contribution is -2.34. The first-order chi connectivity index (χ1) is 4.29. The third-order valence-electron chi connectivity index (χ3n) is 1.44. The van der Waals surface area contributed by atoms with Crippen molar-refractivity contribution in [2.75, 3.05) is 13.1 Å². The molecule has 3 nitrogen and oxygen atoms in total. The van der Waals surface area contributed by atoms with Crippen LogP contribution < -0.4 is 11.6 Å². The monoisotopic (exact) mass is 127 g/mol. The van der Waals surface area contributed by atoms with Crippen LogP contribution in [0.5, 0.6) is 0 Å². The van der Waals surface area contributed by atoms with E-state index in [1.165, 1.54) is 0 Å². The van der Waals surface area contributed by atoms with Gasteiger partial charge >= 0.3 is 0 Å². The molecule has 3 heteroatoms. The summed E-state index contributed by atoms with van der Waals surface area (Å²) in [4.78, 5) is 0. The number of rotatable bonds is 0. The van der Waals surface area contributed by atoms with Crippen LogP contribution in [0.1, 0.15) is 12.8 Å². The van der Waals surface area contributed by atoms with Crippen LogP contribution in [0.25, 0.3) is 0 Å². The van der Waals surface area contributed by atoms with Crippen LogP contribution in [-0.2, 0) is 0 Å². The SMILES string of the molecule is NC1=CCCCN(N)C1. The summed E-state index contributed by atoms with van der Waals surface area (Å²) in [5.74, 6) is 5.54. The standard InChI is InChI=1S/C6H13N3/c7-6-3-1-2-4-9(8)5-6/h3H,1-2,4-5,7-8H2. The first kappa shape index (κ1) is 6.58. The minimum Gasteiger partial charge on any atom is -0.401 e. The number of hydrogen-bond donors (Lipinski definition) is 2. The van der Waals surface area contributed by atoms with E-state index < -0.39 is 0 Å². The average molecular weight is 127 g/mol. The van der Waals surface area contributed by atoms with Crippen molar-refractivity contribution in [3.05, 3.63) is 11.8 Å². The van der Waals surface area contributed by atoms with Crippen molar-refractivity contribution in [3.8, 4) is 0 Å². The van der Waals surface area contributed by atoms with Crippen molar-refractivity contribution in [1.82, 2.24) is 5.01 Å². The zero-order valence-electron chi connectivity index (χ0n) is 5.51. The third kappa shape index (κ3) is 2.03. The molecule has 0 saturated carbocycles. The molecule has 0 radical (unpaired) electrons. The maximum absolute atomic E-state index is 5.56. The Morgan fingerprint density at radius 2 is 2.33 bits per heavy atom. The third-order valence-corrected chi connectivity index (χ3v) is 1.44. The summed E-state index contributed by atoms with van der Waals surface area (Å²) in [6, 6.07) is 0. The van der Waals surface area contributed by atoms with Crippen molar-refractivity contribution in [2.24, 2.45) is 11.6 Å². The van der Waals surface area contributed by atoms with Gasteiger partial charge in [-0.3, -0.25) is 5.84 Å². The van der Waals surface area contributed by atoms with Gasteiger partial charge in [0.25, 0.3) is 0 Å². The van der Waals surface area contributed by atoms with Gasteiger partial charge in [0.05, 0.1) is 6.54 Å². The minimum absolute atomic E-state index is 0.722. The molecule has 0 aromatic rings. The van der Waals surface area contributed by atoms with Gasteiger partial charge in [0.1, 0.15) is 0 Å². The van der Waals surface area contributed by atoms with E-state index in [4.69, 9.17) is 11.6 Å². The van der Waals surface area contributed by atoms with Crippen LogP contribution >= 0.6 is 0 Å². The van der Waals surface area contributed by atoms with Crippen molar-refractivity contribution in [1.29, 1.82) is 0 Å². The molecule has 0 spiro atoms. The van der Waals surface area contributed by atoms with E-state index in [-0.39, 0.29) is 0 Å². The van der Waals surface area contributed by atoms with E-state index in [9.17, 15) is 0 Å². The zero-order valence-corrected chi connectivity index (χ0v) is 5.51. The van der Waals surface area contributed by atoms with Gasteiger partial charge in [0.15, 0.2) is 0 Å². The maximum Gasteiger partial charge on any atom is 0.0521 e. The van der Waals surface area contributed by atoms with Crippen LogP contribution in [0.3, 0.4) is 0 Å². The molecule has 0 unspecified atom stereocenters. The second-order valence-electron chi connectivity index (χ2n) is 2.39. The number of hydrazine groups is 1. The fourth-order valence-corrected chi connectivity index (χ4v) is 0.960. The first-order valence-corrected chi connectivity index (χ1v) is 3.23. The highest BCUT2D eigenvalue weighted by Crippen LogP contribution is 2.01. The van der Waals surface area contributed by atoms with Crippen LogP contribution in [0.4, 0.5) is 0 Å². The lowest BCUT2D eigenvalue weighted by molar-refractivity contribution is 0.310. The number of allylic oxidation sites excluding steroid dienone is 1. The largest absolute Gasteiger partial charge is 0.401 e. The molecule has 0 amide bonds. The lowest BCUT2D eigenvalue weighted by atomic mass is 10.3. The molecular formula is C6H13N3. The molecule has 0 bridgehead atoms. The number of hydrogen-bond acceptors (Lipinski definition) is 3. The highest BCUT2D eigenvalue weighted by molar-refractivity contribution is 5.00. The van der Waals surface area contributed by atoms with Gasteiger partial charge in [-0.25, -0.2) is 5.01 Å². The fraction of sp³-hybridized carbons (Fsp3) is 0.667. The molecule has 0 aromatic heterocycles. The van der Waals surface area contributed by atoms with E-state index in [2.05, 4.69) is 0 Å². The summed E-state index contributed by atoms with van der Waals surface area (Å²) >= 11 is 0. The lowest BCUT2D eigenvalue weighted by Gasteiger charge is -2.11. The predicted molar refractivity (Wildman–Crippen MR) is 37.3 cm³/mol. The number of nitrogens with two attached hydrogens (primary N) is 2. The molecule has 9 heavy (non-hydrogen) atoms. The van der Waals surface area contributed by atoms with Gasteiger partial charge in [-0.15, -0.1) is 0 Å². The molecule has 1 aliphatic rings. The summed E-state index contributed by atoms with van der Waals surface area (Å²) in [6.45, 7) is 1.68. The quantitative estimate of drug-likeness (QED) is 0.443. The zero-order chi connectivity index (χ0) is 6.69. The molecule has 0 aromatic carbocycles. The van der Waals surface area contributed by atoms with E-state index in [1.807, 2.05) is 6.08 Å². The summed E-state index contributed by atoms with van der Waals surface area (Å²) in [5, 5.41) is 1.75. The molecule has 0 saturated heterocycles. The Balaban J connectivity index is 2.44. The van der Waals surface area contributed by atoms with Gasteiger partial charge < -0.3 is 5.73 Å². The van der Waals surface area contributed by atoms with Gasteiger partial charge in [-0.1, -0.05) is 6.08 Å². The number of nitrogens with zero attached hydrogens (tertiary/aromatic N) is 1. The summed E-state index contributed by atoms with van der Waals surface area (Å²) in [6.07, 6.45) is 4.24. The molecule has 1 heterocycles. The van der Waals surface area contributed by atoms with Crippen LogP contribution in [-0.4, -0.2) is 18.1 Å². The smallest absolute Gasteiger partial charge is 0.0521 e. The van der Waals surface area contributed by atoms with Crippen molar-refractivity contribution in [2.45, 2.75) is 12.8 Å². The molecular weight excluding hydrogens is 114 g/mol. The van der Waals surface area contributed by atoms with Crippen LogP contribution in [0.15, 0.2) is 11.8 Å². The van der Waals surface area contributed by atoms with Crippen molar-refractivity contribution < 1.29 is 0 Å². The minimum atomic E-state index is 0.722. The van der Waals surface area contributed by atoms with E-state index in [1.54, 1.807) is 5.01 Å². The Hall–Kier alpha value is -0.540. The Bertz CT molecular complexity index is 119. The summed E-state index contributed by atoms with van der Waals surface area (Å²) in [5.41, 5.74) is 6.46. The first-order valence-electron chi connectivity index (χ1n) is 3.23. The predicted octanol–water partition coefficient (Wildman–Crippen LogP) is -0.201. The van der Waals surface area contributed by atoms with E-state index in [0.29, 0.717) is 0 Å². The highest BCUT2D eigenvalue weighted by atomic mass is 15.4. The molecule has 0 fully saturated rings. The molecule has 0 aliphatic carbocycles. The Morgan fingerprint density at radius 3 is 3.11 bits per heavy atom. The second-order valence-corrected chi connectivity index (χ2v) is 2.39. The van der Waals surface area contributed by atoms with E-state index >= 15 is 0 Å². The van der Waals surface area contributed by atoms with Crippen molar-refractivity contribution in [3.63, 3.8) is 0 Å². The average Bonchev–Trinajstić information content (AvgIpc) is 1.93. The van der Waals surface area contributed by atoms with E-state index in [0.717, 1.165) is 31.6 Å². The normalized spacial score (nSPS) is 23.0. The van der Waals surface area contributed by atoms with Crippen molar-refractivity contribution >= 4 is 0 Å². The molecule has 0 atom stereocenters. The summed E-state index contributed by atoms with van der Waals surface area (Å²) < 4.78 is 0. The summed E-state index contributed by atoms with van der Waals surface area (Å²) in [7, 11) is 0. The molecule has 1 aliphatic heterocycles. The Labute approximate surface area is 55.3 Å². The molecule has 1 rings (SSSR count). The Morgan fingerprint density at radius 1 is 1.56 bits per heavy atom. The fourth-order valence-electron chi connectivity index (χ4n) is 0.960. The Kier molecular flexibility index (Phi) is 2.08. The molecule has 4 N–H and O–H groups in total. The van der Waals surface area contributed by atoms with Crippen LogP contribution in [0, 0.1) is 0 Å². The highest BCUT2D eigenvalue weighted by Gasteiger charge is 2.02. The van der Waals surface area contributed by atoms with Gasteiger partial charge in [-0.05, 0) is 12.8 Å². The van der Waals surface area contributed by atoms with Gasteiger partial charge in [0.2, 0.25) is 0 Å². The second kappa shape index (κ2) is 2.85.